The van der Waals surface area contributed by atoms with Crippen LogP contribution in [0.15, 0.2) is 76.6 Å². The van der Waals surface area contributed by atoms with Gasteiger partial charge in [-0.2, -0.15) is 0 Å². The molecule has 4 aromatic rings. The van der Waals surface area contributed by atoms with Gasteiger partial charge in [-0.25, -0.2) is 9.37 Å². The van der Waals surface area contributed by atoms with Gasteiger partial charge in [-0.15, -0.1) is 0 Å². The number of ketones is 1. The van der Waals surface area contributed by atoms with E-state index < -0.39 is 29.3 Å². The van der Waals surface area contributed by atoms with Crippen LogP contribution >= 0.6 is 11.3 Å². The molecule has 1 unspecified atom stereocenters. The van der Waals surface area contributed by atoms with E-state index in [1.165, 1.54) is 52.8 Å². The molecule has 6 nitrogen and oxygen atoms in total. The minimum atomic E-state index is -0.980. The predicted molar refractivity (Wildman–Crippen MR) is 118 cm³/mol. The molecular formula is C24H17FN2O4S. The van der Waals surface area contributed by atoms with E-state index in [1.54, 1.807) is 6.07 Å². The number of nitrogens with zero attached hydrogens (tertiary/aromatic N) is 2. The Bertz CT molecular complexity index is 1370. The highest BCUT2D eigenvalue weighted by molar-refractivity contribution is 7.22. The molecule has 1 amide bonds. The molecule has 0 saturated carbocycles. The second-order valence-electron chi connectivity index (χ2n) is 7.35. The third-order valence-electron chi connectivity index (χ3n) is 5.44. The average molecular weight is 448 g/mol. The van der Waals surface area contributed by atoms with Crippen molar-refractivity contribution in [2.75, 3.05) is 4.90 Å². The number of aromatic nitrogens is 1. The van der Waals surface area contributed by atoms with Crippen LogP contribution in [0.5, 0.6) is 0 Å². The number of aliphatic hydroxyl groups is 1. The highest BCUT2D eigenvalue weighted by Gasteiger charge is 2.46. The van der Waals surface area contributed by atoms with Gasteiger partial charge in [-0.05, 0) is 53.9 Å². The lowest BCUT2D eigenvalue weighted by molar-refractivity contribution is -0.117. The molecule has 160 valence electrons. The molecule has 1 atom stereocenters. The number of carbonyl (C=O) groups excluding carboxylic acids is 2. The van der Waals surface area contributed by atoms with Crippen molar-refractivity contribution in [3.05, 3.63) is 94.9 Å². The number of anilines is 1. The van der Waals surface area contributed by atoms with Gasteiger partial charge in [0.1, 0.15) is 5.82 Å². The number of rotatable bonds is 5. The third kappa shape index (κ3) is 3.20. The molecule has 0 radical (unpaired) electrons. The summed E-state index contributed by atoms with van der Waals surface area (Å²) < 4.78 is 19.7. The summed E-state index contributed by atoms with van der Waals surface area (Å²) in [5, 5.41) is 11.1. The Morgan fingerprint density at radius 2 is 2.00 bits per heavy atom. The minimum absolute atomic E-state index is 0.00907. The van der Waals surface area contributed by atoms with E-state index in [0.29, 0.717) is 16.2 Å². The van der Waals surface area contributed by atoms with Crippen molar-refractivity contribution in [1.82, 2.24) is 4.98 Å². The van der Waals surface area contributed by atoms with Gasteiger partial charge in [0.05, 0.1) is 28.1 Å². The van der Waals surface area contributed by atoms with E-state index in [1.807, 2.05) is 25.1 Å². The van der Waals surface area contributed by atoms with Crippen LogP contribution in [0.25, 0.3) is 10.2 Å². The van der Waals surface area contributed by atoms with E-state index >= 15 is 0 Å². The first-order valence-corrected chi connectivity index (χ1v) is 10.8. The van der Waals surface area contributed by atoms with Crippen molar-refractivity contribution >= 4 is 38.4 Å². The molecule has 1 aliphatic rings. The molecule has 3 heterocycles. The number of furan rings is 1. The van der Waals surface area contributed by atoms with Crippen LogP contribution in [0, 0.1) is 5.82 Å². The summed E-state index contributed by atoms with van der Waals surface area (Å²) in [5.41, 5.74) is 2.17. The van der Waals surface area contributed by atoms with Crippen molar-refractivity contribution in [1.29, 1.82) is 0 Å². The fourth-order valence-electron chi connectivity index (χ4n) is 3.82. The molecule has 5 rings (SSSR count). The number of benzene rings is 2. The number of amides is 1. The monoisotopic (exact) mass is 448 g/mol. The number of halogens is 1. The molecular weight excluding hydrogens is 431 g/mol. The zero-order valence-electron chi connectivity index (χ0n) is 16.9. The molecule has 0 saturated heterocycles. The first-order valence-electron chi connectivity index (χ1n) is 9.97. The zero-order valence-corrected chi connectivity index (χ0v) is 17.7. The summed E-state index contributed by atoms with van der Waals surface area (Å²) in [5.74, 6) is -2.50. The van der Waals surface area contributed by atoms with Crippen LogP contribution in [0.3, 0.4) is 0 Å². The molecule has 32 heavy (non-hydrogen) atoms. The smallest absolute Gasteiger partial charge is 0.296 e. The van der Waals surface area contributed by atoms with E-state index in [2.05, 4.69) is 4.98 Å². The van der Waals surface area contributed by atoms with Gasteiger partial charge in [-0.1, -0.05) is 36.5 Å². The van der Waals surface area contributed by atoms with Gasteiger partial charge in [-0.3, -0.25) is 14.5 Å². The number of hydrogen-bond acceptors (Lipinski definition) is 6. The second-order valence-corrected chi connectivity index (χ2v) is 8.36. The van der Waals surface area contributed by atoms with Crippen LogP contribution in [0.4, 0.5) is 9.52 Å². The second kappa shape index (κ2) is 7.72. The van der Waals surface area contributed by atoms with Crippen LogP contribution in [0.1, 0.15) is 34.6 Å². The first-order chi connectivity index (χ1) is 15.5. The fourth-order valence-corrected chi connectivity index (χ4v) is 4.87. The summed E-state index contributed by atoms with van der Waals surface area (Å²) in [7, 11) is 0. The lowest BCUT2D eigenvalue weighted by Crippen LogP contribution is -2.30. The summed E-state index contributed by atoms with van der Waals surface area (Å²) in [4.78, 5) is 32.2. The number of fused-ring (bicyclic) bond motifs is 1. The largest absolute Gasteiger partial charge is 0.503 e. The van der Waals surface area contributed by atoms with Crippen LogP contribution in [0.2, 0.25) is 0 Å². The van der Waals surface area contributed by atoms with Gasteiger partial charge in [0.25, 0.3) is 5.91 Å². The molecule has 0 bridgehead atoms. The Hall–Kier alpha value is -3.78. The quantitative estimate of drug-likeness (QED) is 0.415. The summed E-state index contributed by atoms with van der Waals surface area (Å²) in [6.45, 7) is 2.05. The Labute approximate surface area is 186 Å². The highest BCUT2D eigenvalue weighted by atomic mass is 32.1. The summed E-state index contributed by atoms with van der Waals surface area (Å²) in [6.07, 6.45) is 2.19. The maximum Gasteiger partial charge on any atom is 0.296 e. The lowest BCUT2D eigenvalue weighted by Gasteiger charge is -2.24. The maximum absolute atomic E-state index is 13.6. The van der Waals surface area contributed by atoms with Crippen LogP contribution in [-0.4, -0.2) is 21.8 Å². The lowest BCUT2D eigenvalue weighted by atomic mass is 9.95. The van der Waals surface area contributed by atoms with Gasteiger partial charge in [0.15, 0.2) is 16.7 Å². The summed E-state index contributed by atoms with van der Waals surface area (Å²) >= 11 is 1.29. The normalized spacial score (nSPS) is 16.4. The Kier molecular flexibility index (Phi) is 4.86. The number of hydrogen-bond donors (Lipinski definition) is 1. The van der Waals surface area contributed by atoms with Crippen molar-refractivity contribution in [2.24, 2.45) is 0 Å². The Morgan fingerprint density at radius 1 is 1.22 bits per heavy atom. The average Bonchev–Trinajstić information content (AvgIpc) is 3.52. The zero-order chi connectivity index (χ0) is 22.4. The van der Waals surface area contributed by atoms with Crippen molar-refractivity contribution in [2.45, 2.75) is 19.4 Å². The SMILES string of the molecule is CCc1ccc2nc(N3C(=O)C(O)=C(C(=O)c4ccco4)C3c3ccc(F)cc3)sc2c1. The fraction of sp³-hybridized carbons (Fsp3) is 0.125. The standard InChI is InChI=1S/C24H17FN2O4S/c1-2-13-5-10-16-18(12-13)32-24(26-16)27-20(14-6-8-15(25)9-7-14)19(22(29)23(27)30)21(28)17-4-3-11-31-17/h3-12,20,29H,2H2,1H3. The van der Waals surface area contributed by atoms with Gasteiger partial charge >= 0.3 is 0 Å². The van der Waals surface area contributed by atoms with Crippen LogP contribution in [-0.2, 0) is 11.2 Å². The van der Waals surface area contributed by atoms with Crippen molar-refractivity contribution in [3.8, 4) is 0 Å². The van der Waals surface area contributed by atoms with E-state index in [4.69, 9.17) is 4.42 Å². The summed E-state index contributed by atoms with van der Waals surface area (Å²) in [6, 6.07) is 13.3. The highest BCUT2D eigenvalue weighted by Crippen LogP contribution is 2.44. The van der Waals surface area contributed by atoms with Crippen LogP contribution < -0.4 is 4.90 Å². The molecule has 1 aliphatic heterocycles. The molecule has 0 fully saturated rings. The molecule has 2 aromatic carbocycles. The van der Waals surface area contributed by atoms with E-state index in [9.17, 15) is 19.1 Å². The topological polar surface area (TPSA) is 83.6 Å². The molecule has 1 N–H and O–H groups in total. The number of aryl methyl sites for hydroxylation is 1. The molecule has 0 spiro atoms. The number of thiazole rings is 1. The number of Topliss-reactive ketones (excluding diaryl/α,β-unsaturated/α-hetero) is 1. The van der Waals surface area contributed by atoms with E-state index in [0.717, 1.165) is 16.7 Å². The van der Waals surface area contributed by atoms with Crippen molar-refractivity contribution < 1.29 is 23.5 Å². The maximum atomic E-state index is 13.6. The Morgan fingerprint density at radius 3 is 2.69 bits per heavy atom. The molecule has 8 heteroatoms. The molecule has 2 aromatic heterocycles. The van der Waals surface area contributed by atoms with Gasteiger partial charge in [0.2, 0.25) is 5.78 Å². The Balaban J connectivity index is 1.67. The predicted octanol–water partition coefficient (Wildman–Crippen LogP) is 5.37. The number of aliphatic hydroxyl groups excluding tert-OH is 1. The minimum Gasteiger partial charge on any atom is -0.503 e. The van der Waals surface area contributed by atoms with Gasteiger partial charge < -0.3 is 9.52 Å². The number of carbonyl (C=O) groups is 2. The van der Waals surface area contributed by atoms with Gasteiger partial charge in [0, 0.05) is 0 Å². The van der Waals surface area contributed by atoms with E-state index in [-0.39, 0.29) is 11.3 Å². The third-order valence-corrected chi connectivity index (χ3v) is 6.46. The molecule has 0 aliphatic carbocycles. The van der Waals surface area contributed by atoms with Crippen molar-refractivity contribution in [3.63, 3.8) is 0 Å². The first kappa shape index (κ1) is 20.1.